The summed E-state index contributed by atoms with van der Waals surface area (Å²) >= 11 is 0. The third kappa shape index (κ3) is 3.72. The van der Waals surface area contributed by atoms with Crippen LogP contribution >= 0.6 is 0 Å². The van der Waals surface area contributed by atoms with E-state index in [-0.39, 0.29) is 11.7 Å². The van der Waals surface area contributed by atoms with Crippen molar-refractivity contribution in [2.75, 3.05) is 28.4 Å². The van der Waals surface area contributed by atoms with Gasteiger partial charge in [0, 0.05) is 12.5 Å². The molecule has 2 aromatic carbocycles. The third-order valence-electron chi connectivity index (χ3n) is 5.01. The fourth-order valence-corrected chi connectivity index (χ4v) is 3.79. The number of methoxy groups -OCH3 is 4. The van der Waals surface area contributed by atoms with Crippen molar-refractivity contribution in [3.05, 3.63) is 45.6 Å². The summed E-state index contributed by atoms with van der Waals surface area (Å²) in [5, 5.41) is 2.88. The lowest BCUT2D eigenvalue weighted by molar-refractivity contribution is -0.119. The molecule has 0 aromatic heterocycles. The molecular weight excluding hydrogens is 375 g/mol. The predicted molar refractivity (Wildman–Crippen MR) is 109 cm³/mol. The molecule has 0 heterocycles. The molecule has 0 bridgehead atoms. The minimum atomic E-state index is -2.78. The summed E-state index contributed by atoms with van der Waals surface area (Å²) in [5.41, 5.74) is 2.09. The van der Waals surface area contributed by atoms with Crippen molar-refractivity contribution < 1.29 is 27.9 Å². The molecule has 1 amide bonds. The van der Waals surface area contributed by atoms with Crippen LogP contribution in [-0.2, 0) is 11.2 Å². The van der Waals surface area contributed by atoms with Crippen LogP contribution in [0.2, 0.25) is 0 Å². The summed E-state index contributed by atoms with van der Waals surface area (Å²) in [6, 6.07) is 5.55. The summed E-state index contributed by atoms with van der Waals surface area (Å²) in [6.45, 7) is 1.40. The standard InChI is InChI=1S/C22H25NO6/c1-12(24)23-17-8-6-14-15(11-20(27-3)22(29-5)21(14)28-4)13-7-9-19(26-2)18(25)10-16(13)17/h7,9-11,17H,6,8H2,1-5H3,(H,23,24)/i2+1D3. The van der Waals surface area contributed by atoms with E-state index in [2.05, 4.69) is 5.32 Å². The number of rotatable bonds is 5. The summed E-state index contributed by atoms with van der Waals surface area (Å²) in [6.07, 6.45) is 0.999. The SMILES string of the molecule is [2H][13C]([2H])([2H])Oc1ccc2c(cc1=O)C(NC(C)=O)CCc1c-2cc(OC)c(OC)c1OC. The lowest BCUT2D eigenvalue weighted by Gasteiger charge is -2.18. The van der Waals surface area contributed by atoms with Crippen molar-refractivity contribution in [3.63, 3.8) is 0 Å². The number of ether oxygens (including phenoxy) is 4. The van der Waals surface area contributed by atoms with E-state index in [9.17, 15) is 9.59 Å². The minimum absolute atomic E-state index is 0.257. The van der Waals surface area contributed by atoms with Crippen LogP contribution in [-0.4, -0.2) is 34.3 Å². The number of nitrogens with one attached hydrogen (secondary N) is 1. The van der Waals surface area contributed by atoms with Crippen molar-refractivity contribution in [1.29, 1.82) is 0 Å². The fourth-order valence-electron chi connectivity index (χ4n) is 3.79. The molecular formula is C22H25NO6. The second kappa shape index (κ2) is 8.43. The second-order valence-corrected chi connectivity index (χ2v) is 6.64. The number of carbonyl (C=O) groups excluding carboxylic acids is 1. The van der Waals surface area contributed by atoms with E-state index < -0.39 is 18.5 Å². The zero-order valence-electron chi connectivity index (χ0n) is 19.8. The van der Waals surface area contributed by atoms with Crippen LogP contribution in [0.25, 0.3) is 11.1 Å². The monoisotopic (exact) mass is 403 g/mol. The number of carbonyl (C=O) groups is 1. The molecule has 0 aliphatic heterocycles. The Labute approximate surface area is 173 Å². The number of hydrogen-bond donors (Lipinski definition) is 1. The molecule has 0 radical (unpaired) electrons. The molecule has 0 spiro atoms. The molecule has 0 saturated heterocycles. The van der Waals surface area contributed by atoms with Crippen LogP contribution < -0.4 is 29.7 Å². The average Bonchev–Trinajstić information content (AvgIpc) is 2.95. The third-order valence-corrected chi connectivity index (χ3v) is 5.01. The van der Waals surface area contributed by atoms with Gasteiger partial charge >= 0.3 is 0 Å². The highest BCUT2D eigenvalue weighted by Crippen LogP contribution is 2.48. The maximum absolute atomic E-state index is 12.8. The van der Waals surface area contributed by atoms with Gasteiger partial charge in [-0.15, -0.1) is 0 Å². The van der Waals surface area contributed by atoms with Crippen molar-refractivity contribution in [1.82, 2.24) is 5.32 Å². The van der Waals surface area contributed by atoms with Crippen LogP contribution in [0.3, 0.4) is 0 Å². The predicted octanol–water partition coefficient (Wildman–Crippen LogP) is 2.87. The second-order valence-electron chi connectivity index (χ2n) is 6.64. The first-order valence-electron chi connectivity index (χ1n) is 10.6. The van der Waals surface area contributed by atoms with Gasteiger partial charge in [-0.05, 0) is 47.7 Å². The van der Waals surface area contributed by atoms with E-state index in [1.807, 2.05) is 0 Å². The summed E-state index contributed by atoms with van der Waals surface area (Å²) in [7, 11) is 1.77. The molecule has 1 atom stereocenters. The van der Waals surface area contributed by atoms with Gasteiger partial charge in [0.15, 0.2) is 17.2 Å². The van der Waals surface area contributed by atoms with E-state index in [0.29, 0.717) is 41.2 Å². The summed E-state index contributed by atoms with van der Waals surface area (Å²) in [4.78, 5) is 24.7. The number of fused-ring (bicyclic) bond motifs is 3. The molecule has 1 aliphatic carbocycles. The van der Waals surface area contributed by atoms with Crippen LogP contribution in [0.4, 0.5) is 0 Å². The Bertz CT molecular complexity index is 1100. The van der Waals surface area contributed by atoms with Crippen LogP contribution in [0.1, 0.15) is 34.6 Å². The fraction of sp³-hybridized carbons (Fsp3) is 0.364. The molecule has 154 valence electrons. The normalized spacial score (nSPS) is 16.7. The number of benzene rings is 1. The van der Waals surface area contributed by atoms with Crippen molar-refractivity contribution >= 4 is 5.91 Å². The zero-order valence-corrected chi connectivity index (χ0v) is 16.8. The Balaban J connectivity index is 2.36. The number of hydrogen-bond acceptors (Lipinski definition) is 6. The largest absolute Gasteiger partial charge is 0.493 e. The maximum Gasteiger partial charge on any atom is 0.220 e. The van der Waals surface area contributed by atoms with Gasteiger partial charge in [-0.1, -0.05) is 6.07 Å². The van der Waals surface area contributed by atoms with E-state index >= 15 is 0 Å². The van der Waals surface area contributed by atoms with Gasteiger partial charge < -0.3 is 24.3 Å². The molecule has 1 aliphatic rings. The van der Waals surface area contributed by atoms with E-state index in [1.54, 1.807) is 12.1 Å². The van der Waals surface area contributed by atoms with E-state index in [1.165, 1.54) is 40.4 Å². The minimum Gasteiger partial charge on any atom is -0.493 e. The highest BCUT2D eigenvalue weighted by molar-refractivity contribution is 5.80. The molecule has 7 heteroatoms. The van der Waals surface area contributed by atoms with E-state index in [0.717, 1.165) is 11.1 Å². The van der Waals surface area contributed by atoms with Gasteiger partial charge in [-0.25, -0.2) is 0 Å². The van der Waals surface area contributed by atoms with Crippen molar-refractivity contribution in [3.8, 4) is 34.1 Å². The molecule has 2 aromatic rings. The Morgan fingerprint density at radius 2 is 1.79 bits per heavy atom. The average molecular weight is 403 g/mol. The zero-order chi connectivity index (χ0) is 23.6. The highest BCUT2D eigenvalue weighted by atomic mass is 16.5. The van der Waals surface area contributed by atoms with Crippen LogP contribution in [0.5, 0.6) is 23.0 Å². The van der Waals surface area contributed by atoms with Crippen molar-refractivity contribution in [2.24, 2.45) is 0 Å². The van der Waals surface area contributed by atoms with Gasteiger partial charge in [-0.2, -0.15) is 0 Å². The smallest absolute Gasteiger partial charge is 0.220 e. The molecule has 29 heavy (non-hydrogen) atoms. The lowest BCUT2D eigenvalue weighted by atomic mass is 9.96. The molecule has 3 rings (SSSR count). The van der Waals surface area contributed by atoms with Gasteiger partial charge in [0.2, 0.25) is 17.1 Å². The van der Waals surface area contributed by atoms with Gasteiger partial charge in [0.25, 0.3) is 0 Å². The summed E-state index contributed by atoms with van der Waals surface area (Å²) in [5.74, 6) is 0.786. The molecule has 1 unspecified atom stereocenters. The topological polar surface area (TPSA) is 83.1 Å². The van der Waals surface area contributed by atoms with Crippen molar-refractivity contribution in [2.45, 2.75) is 25.8 Å². The van der Waals surface area contributed by atoms with Gasteiger partial charge in [0.1, 0.15) is 0 Å². The quantitative estimate of drug-likeness (QED) is 0.773. The van der Waals surface area contributed by atoms with Crippen LogP contribution in [0, 0.1) is 0 Å². The highest BCUT2D eigenvalue weighted by Gasteiger charge is 2.28. The maximum atomic E-state index is 12.8. The molecule has 0 saturated carbocycles. The van der Waals surface area contributed by atoms with Gasteiger partial charge in [0.05, 0.1) is 38.5 Å². The molecule has 0 fully saturated rings. The van der Waals surface area contributed by atoms with Gasteiger partial charge in [-0.3, -0.25) is 9.59 Å². The number of amides is 1. The Morgan fingerprint density at radius 1 is 1.03 bits per heavy atom. The Kier molecular flexibility index (Phi) is 4.85. The summed E-state index contributed by atoms with van der Waals surface area (Å²) < 4.78 is 43.6. The first kappa shape index (κ1) is 16.7. The lowest BCUT2D eigenvalue weighted by Crippen LogP contribution is -2.26. The van der Waals surface area contributed by atoms with E-state index in [4.69, 9.17) is 23.1 Å². The Morgan fingerprint density at radius 3 is 2.41 bits per heavy atom. The van der Waals surface area contributed by atoms with Crippen LogP contribution in [0.15, 0.2) is 29.1 Å². The first-order valence-corrected chi connectivity index (χ1v) is 9.06. The first-order chi connectivity index (χ1) is 15.1. The molecule has 7 nitrogen and oxygen atoms in total. The Hall–Kier alpha value is -3.22. The molecule has 1 N–H and O–H groups in total.